The van der Waals surface area contributed by atoms with Crippen LogP contribution in [0.2, 0.25) is 0 Å². The number of halogens is 1. The van der Waals surface area contributed by atoms with Gasteiger partial charge in [-0.1, -0.05) is 15.9 Å². The summed E-state index contributed by atoms with van der Waals surface area (Å²) >= 11 is 3.39. The van der Waals surface area contributed by atoms with Crippen molar-refractivity contribution >= 4 is 27.8 Å². The third kappa shape index (κ3) is 2.84. The fourth-order valence-corrected chi connectivity index (χ4v) is 2.22. The first-order valence-electron chi connectivity index (χ1n) is 6.11. The Hall–Kier alpha value is -2.48. The molecule has 1 aromatic carbocycles. The van der Waals surface area contributed by atoms with E-state index in [-0.39, 0.29) is 5.91 Å². The Morgan fingerprint density at radius 3 is 2.95 bits per heavy atom. The molecule has 0 aliphatic rings. The van der Waals surface area contributed by atoms with Crippen LogP contribution in [-0.4, -0.2) is 30.6 Å². The van der Waals surface area contributed by atoms with Crippen LogP contribution in [0.1, 0.15) is 16.1 Å². The number of carbonyl (C=O) groups is 1. The maximum absolute atomic E-state index is 12.4. The van der Waals surface area contributed by atoms with Crippen molar-refractivity contribution < 1.29 is 4.79 Å². The number of nitrogens with one attached hydrogen (secondary N) is 2. The van der Waals surface area contributed by atoms with Crippen LogP contribution < -0.4 is 5.32 Å². The summed E-state index contributed by atoms with van der Waals surface area (Å²) in [5, 5.41) is 6.78. The average Bonchev–Trinajstić information content (AvgIpc) is 3.10. The maximum atomic E-state index is 12.4. The van der Waals surface area contributed by atoms with E-state index < -0.39 is 0 Å². The third-order valence-electron chi connectivity index (χ3n) is 2.80. The summed E-state index contributed by atoms with van der Waals surface area (Å²) in [5.41, 5.74) is 1.97. The van der Waals surface area contributed by atoms with Gasteiger partial charge in [0.05, 0.1) is 11.3 Å². The molecule has 8 heteroatoms. The van der Waals surface area contributed by atoms with Gasteiger partial charge in [-0.05, 0) is 25.1 Å². The molecule has 1 amide bonds. The molecule has 3 aromatic rings. The molecule has 2 N–H and O–H groups in total. The highest BCUT2D eigenvalue weighted by atomic mass is 79.9. The minimum absolute atomic E-state index is 0.276. The first-order chi connectivity index (χ1) is 10.1. The van der Waals surface area contributed by atoms with E-state index in [0.717, 1.165) is 10.2 Å². The Labute approximate surface area is 128 Å². The van der Waals surface area contributed by atoms with Gasteiger partial charge < -0.3 is 4.98 Å². The number of aromatic nitrogens is 5. The SMILES string of the molecule is Cc1cnc(NC(=O)c2ccc(Br)cc2-n2cncn2)[nH]1. The second-order valence-corrected chi connectivity index (χ2v) is 5.29. The summed E-state index contributed by atoms with van der Waals surface area (Å²) in [5.74, 6) is 0.132. The van der Waals surface area contributed by atoms with E-state index in [1.54, 1.807) is 24.4 Å². The standard InChI is InChI=1S/C13H11BrN6O/c1-8-5-16-13(18-8)19-12(21)10-3-2-9(14)4-11(10)20-7-15-6-17-20/h2-7H,1H3,(H2,16,18,19,21). The summed E-state index contributed by atoms with van der Waals surface area (Å²) in [6.45, 7) is 1.86. The molecule has 0 spiro atoms. The van der Waals surface area contributed by atoms with Gasteiger partial charge in [0.1, 0.15) is 12.7 Å². The lowest BCUT2D eigenvalue weighted by atomic mass is 10.1. The lowest BCUT2D eigenvalue weighted by Crippen LogP contribution is -2.16. The third-order valence-corrected chi connectivity index (χ3v) is 3.30. The average molecular weight is 347 g/mol. The smallest absolute Gasteiger partial charge is 0.260 e. The van der Waals surface area contributed by atoms with Crippen LogP contribution in [0.5, 0.6) is 0 Å². The molecule has 0 saturated carbocycles. The number of amides is 1. The van der Waals surface area contributed by atoms with Gasteiger partial charge in [0, 0.05) is 16.4 Å². The Kier molecular flexibility index (Phi) is 3.53. The van der Waals surface area contributed by atoms with Crippen molar-refractivity contribution in [1.82, 2.24) is 24.7 Å². The summed E-state index contributed by atoms with van der Waals surface area (Å²) in [7, 11) is 0. The monoisotopic (exact) mass is 346 g/mol. The molecule has 0 aliphatic heterocycles. The van der Waals surface area contributed by atoms with E-state index in [9.17, 15) is 4.79 Å². The number of rotatable bonds is 3. The Morgan fingerprint density at radius 2 is 2.29 bits per heavy atom. The Morgan fingerprint density at radius 1 is 1.43 bits per heavy atom. The molecule has 21 heavy (non-hydrogen) atoms. The molecule has 2 heterocycles. The largest absolute Gasteiger partial charge is 0.328 e. The van der Waals surface area contributed by atoms with E-state index in [1.807, 2.05) is 6.92 Å². The van der Waals surface area contributed by atoms with Crippen molar-refractivity contribution in [3.05, 3.63) is 52.8 Å². The van der Waals surface area contributed by atoms with Crippen molar-refractivity contribution in [2.24, 2.45) is 0 Å². The summed E-state index contributed by atoms with van der Waals surface area (Å²) < 4.78 is 2.38. The first-order valence-corrected chi connectivity index (χ1v) is 6.90. The summed E-state index contributed by atoms with van der Waals surface area (Å²) in [6.07, 6.45) is 4.60. The van der Waals surface area contributed by atoms with Crippen molar-refractivity contribution in [2.75, 3.05) is 5.32 Å². The predicted octanol–water partition coefficient (Wildman–Crippen LogP) is 2.31. The van der Waals surface area contributed by atoms with Gasteiger partial charge in [-0.15, -0.1) is 0 Å². The number of anilines is 1. The lowest BCUT2D eigenvalue weighted by Gasteiger charge is -2.09. The minimum atomic E-state index is -0.276. The number of imidazole rings is 1. The highest BCUT2D eigenvalue weighted by molar-refractivity contribution is 9.10. The second-order valence-electron chi connectivity index (χ2n) is 4.37. The maximum Gasteiger partial charge on any atom is 0.260 e. The molecular formula is C13H11BrN6O. The zero-order chi connectivity index (χ0) is 14.8. The van der Waals surface area contributed by atoms with E-state index in [0.29, 0.717) is 17.2 Å². The molecule has 0 radical (unpaired) electrons. The van der Waals surface area contributed by atoms with Crippen LogP contribution in [0.15, 0.2) is 41.5 Å². The van der Waals surface area contributed by atoms with Crippen LogP contribution in [0.3, 0.4) is 0 Å². The predicted molar refractivity (Wildman–Crippen MR) is 80.3 cm³/mol. The zero-order valence-corrected chi connectivity index (χ0v) is 12.6. The van der Waals surface area contributed by atoms with Gasteiger partial charge in [0.2, 0.25) is 5.95 Å². The van der Waals surface area contributed by atoms with Crippen LogP contribution in [0, 0.1) is 6.92 Å². The molecule has 0 fully saturated rings. The van der Waals surface area contributed by atoms with E-state index in [4.69, 9.17) is 0 Å². The molecule has 0 aliphatic carbocycles. The van der Waals surface area contributed by atoms with Gasteiger partial charge in [0.25, 0.3) is 5.91 Å². The molecule has 2 aromatic heterocycles. The number of aryl methyl sites for hydroxylation is 1. The van der Waals surface area contributed by atoms with E-state index in [1.165, 1.54) is 17.3 Å². The summed E-state index contributed by atoms with van der Waals surface area (Å²) in [4.78, 5) is 23.3. The fraction of sp³-hybridized carbons (Fsp3) is 0.0769. The second kappa shape index (κ2) is 5.49. The van der Waals surface area contributed by atoms with Gasteiger partial charge in [0.15, 0.2) is 0 Å². The molecule has 7 nitrogen and oxygen atoms in total. The molecular weight excluding hydrogens is 336 g/mol. The van der Waals surface area contributed by atoms with E-state index in [2.05, 4.69) is 41.3 Å². The molecule has 0 saturated heterocycles. The Balaban J connectivity index is 1.96. The highest BCUT2D eigenvalue weighted by Crippen LogP contribution is 2.20. The van der Waals surface area contributed by atoms with Crippen molar-refractivity contribution in [3.63, 3.8) is 0 Å². The number of hydrogen-bond donors (Lipinski definition) is 2. The molecule has 3 rings (SSSR count). The highest BCUT2D eigenvalue weighted by Gasteiger charge is 2.15. The van der Waals surface area contributed by atoms with Gasteiger partial charge in [-0.3, -0.25) is 10.1 Å². The number of benzene rings is 1. The molecule has 0 atom stereocenters. The number of H-pyrrole nitrogens is 1. The number of nitrogens with zero attached hydrogens (tertiary/aromatic N) is 4. The van der Waals surface area contributed by atoms with Crippen molar-refractivity contribution in [1.29, 1.82) is 0 Å². The summed E-state index contributed by atoms with van der Waals surface area (Å²) in [6, 6.07) is 5.31. The fourth-order valence-electron chi connectivity index (χ4n) is 1.87. The van der Waals surface area contributed by atoms with Gasteiger partial charge in [-0.25, -0.2) is 14.6 Å². The van der Waals surface area contributed by atoms with Gasteiger partial charge in [-0.2, -0.15) is 5.10 Å². The van der Waals surface area contributed by atoms with Crippen molar-refractivity contribution in [2.45, 2.75) is 6.92 Å². The number of aromatic amines is 1. The zero-order valence-electron chi connectivity index (χ0n) is 11.0. The van der Waals surface area contributed by atoms with E-state index >= 15 is 0 Å². The molecule has 0 unspecified atom stereocenters. The van der Waals surface area contributed by atoms with Crippen LogP contribution in [-0.2, 0) is 0 Å². The van der Waals surface area contributed by atoms with Crippen LogP contribution >= 0.6 is 15.9 Å². The Bertz CT molecular complexity index is 780. The van der Waals surface area contributed by atoms with Crippen LogP contribution in [0.25, 0.3) is 5.69 Å². The first kappa shape index (κ1) is 13.5. The molecule has 106 valence electrons. The van der Waals surface area contributed by atoms with Crippen LogP contribution in [0.4, 0.5) is 5.95 Å². The quantitative estimate of drug-likeness (QED) is 0.761. The number of carbonyl (C=O) groups excluding carboxylic acids is 1. The lowest BCUT2D eigenvalue weighted by molar-refractivity contribution is 0.102. The van der Waals surface area contributed by atoms with Gasteiger partial charge >= 0.3 is 0 Å². The minimum Gasteiger partial charge on any atom is -0.328 e. The molecule has 0 bridgehead atoms. The van der Waals surface area contributed by atoms with Crippen molar-refractivity contribution in [3.8, 4) is 5.69 Å². The normalized spacial score (nSPS) is 10.6. The number of hydrogen-bond acceptors (Lipinski definition) is 4. The topological polar surface area (TPSA) is 88.5 Å².